The zero-order valence-corrected chi connectivity index (χ0v) is 11.8. The molecule has 0 aliphatic carbocycles. The van der Waals surface area contributed by atoms with Crippen molar-refractivity contribution in [1.29, 1.82) is 0 Å². The summed E-state index contributed by atoms with van der Waals surface area (Å²) in [5.74, 6) is 2.14. The molecule has 0 saturated heterocycles. The molecule has 0 bridgehead atoms. The number of nitrogen functional groups attached to an aromatic ring is 1. The lowest BCUT2D eigenvalue weighted by Crippen LogP contribution is -2.00. The van der Waals surface area contributed by atoms with Gasteiger partial charge < -0.3 is 19.9 Å². The highest BCUT2D eigenvalue weighted by Crippen LogP contribution is 2.28. The molecule has 4 nitrogen and oxygen atoms in total. The zero-order valence-electron chi connectivity index (χ0n) is 11.8. The third-order valence-corrected chi connectivity index (χ3v) is 2.84. The number of hydrogen-bond acceptors (Lipinski definition) is 4. The van der Waals surface area contributed by atoms with Crippen LogP contribution in [0.2, 0.25) is 0 Å². The molecule has 0 aliphatic rings. The van der Waals surface area contributed by atoms with E-state index in [2.05, 4.69) is 0 Å². The first kappa shape index (κ1) is 14.1. The van der Waals surface area contributed by atoms with E-state index in [0.29, 0.717) is 24.7 Å². The van der Waals surface area contributed by atoms with Crippen LogP contribution in [0.15, 0.2) is 42.5 Å². The first-order chi connectivity index (χ1) is 9.74. The van der Waals surface area contributed by atoms with Crippen LogP contribution >= 0.6 is 0 Å². The summed E-state index contributed by atoms with van der Waals surface area (Å²) in [5.41, 5.74) is 7.46. The summed E-state index contributed by atoms with van der Waals surface area (Å²) < 4.78 is 16.4. The molecule has 0 heterocycles. The van der Waals surface area contributed by atoms with Gasteiger partial charge >= 0.3 is 0 Å². The average molecular weight is 273 g/mol. The summed E-state index contributed by atoms with van der Waals surface area (Å²) in [6.07, 6.45) is 0. The van der Waals surface area contributed by atoms with E-state index in [1.165, 1.54) is 0 Å². The maximum Gasteiger partial charge on any atom is 0.161 e. The third-order valence-electron chi connectivity index (χ3n) is 2.84. The Bertz CT molecular complexity index is 569. The van der Waals surface area contributed by atoms with Gasteiger partial charge in [-0.2, -0.15) is 0 Å². The number of ether oxygens (including phenoxy) is 3. The lowest BCUT2D eigenvalue weighted by molar-refractivity contribution is 0.269. The van der Waals surface area contributed by atoms with E-state index in [0.717, 1.165) is 17.1 Å². The quantitative estimate of drug-likeness (QED) is 0.821. The minimum absolute atomic E-state index is 0.429. The molecule has 0 aliphatic heterocycles. The molecule has 2 N–H and O–H groups in total. The van der Waals surface area contributed by atoms with E-state index in [1.54, 1.807) is 7.11 Å². The van der Waals surface area contributed by atoms with Gasteiger partial charge in [-0.1, -0.05) is 18.2 Å². The fourth-order valence-corrected chi connectivity index (χ4v) is 1.88. The second-order valence-corrected chi connectivity index (χ2v) is 4.24. The Morgan fingerprint density at radius 3 is 2.25 bits per heavy atom. The van der Waals surface area contributed by atoms with Gasteiger partial charge in [-0.15, -0.1) is 0 Å². The molecule has 2 aromatic carbocycles. The molecule has 0 atom stereocenters. The van der Waals surface area contributed by atoms with E-state index >= 15 is 0 Å². The van der Waals surface area contributed by atoms with Crippen LogP contribution in [0, 0.1) is 0 Å². The predicted molar refractivity (Wildman–Crippen MR) is 79.3 cm³/mol. The van der Waals surface area contributed by atoms with Crippen molar-refractivity contribution in [3.8, 4) is 17.2 Å². The molecule has 0 aromatic heterocycles. The second-order valence-electron chi connectivity index (χ2n) is 4.24. The fourth-order valence-electron chi connectivity index (χ4n) is 1.88. The van der Waals surface area contributed by atoms with Crippen molar-refractivity contribution in [3.63, 3.8) is 0 Å². The number of benzene rings is 2. The Morgan fingerprint density at radius 1 is 0.950 bits per heavy atom. The Kier molecular flexibility index (Phi) is 4.71. The Hall–Kier alpha value is -2.36. The van der Waals surface area contributed by atoms with Crippen molar-refractivity contribution >= 4 is 5.69 Å². The van der Waals surface area contributed by atoms with Crippen LogP contribution in [0.1, 0.15) is 12.5 Å². The fraction of sp³-hybridized carbons (Fsp3) is 0.250. The highest BCUT2D eigenvalue weighted by Gasteiger charge is 2.05. The van der Waals surface area contributed by atoms with E-state index in [4.69, 9.17) is 19.9 Å². The van der Waals surface area contributed by atoms with Gasteiger partial charge in [-0.25, -0.2) is 0 Å². The summed E-state index contributed by atoms with van der Waals surface area (Å²) in [7, 11) is 1.60. The number of rotatable bonds is 6. The van der Waals surface area contributed by atoms with Crippen LogP contribution in [0.3, 0.4) is 0 Å². The van der Waals surface area contributed by atoms with Crippen LogP contribution in [-0.4, -0.2) is 13.7 Å². The number of methoxy groups -OCH3 is 1. The lowest BCUT2D eigenvalue weighted by atomic mass is 10.2. The van der Waals surface area contributed by atoms with E-state index in [-0.39, 0.29) is 0 Å². The van der Waals surface area contributed by atoms with Crippen molar-refractivity contribution in [2.24, 2.45) is 0 Å². The normalized spacial score (nSPS) is 10.1. The maximum atomic E-state index is 5.87. The first-order valence-corrected chi connectivity index (χ1v) is 6.51. The molecule has 2 aromatic rings. The standard InChI is InChI=1S/C16H19NO3/c1-3-19-15-6-4-5-7-16(15)20-11-12-8-9-14(18-2)13(17)10-12/h4-10H,3,11,17H2,1-2H3. The van der Waals surface area contributed by atoms with Gasteiger partial charge in [0.25, 0.3) is 0 Å². The molecule has 106 valence electrons. The van der Waals surface area contributed by atoms with Gasteiger partial charge in [-0.05, 0) is 36.8 Å². The average Bonchev–Trinajstić information content (AvgIpc) is 2.47. The molecular formula is C16H19NO3. The van der Waals surface area contributed by atoms with Crippen molar-refractivity contribution in [2.75, 3.05) is 19.5 Å². The summed E-state index contributed by atoms with van der Waals surface area (Å²) >= 11 is 0. The predicted octanol–water partition coefficient (Wildman–Crippen LogP) is 3.26. The van der Waals surface area contributed by atoms with E-state index in [1.807, 2.05) is 49.4 Å². The molecule has 2 rings (SSSR count). The van der Waals surface area contributed by atoms with Crippen molar-refractivity contribution < 1.29 is 14.2 Å². The molecule has 20 heavy (non-hydrogen) atoms. The van der Waals surface area contributed by atoms with Gasteiger partial charge in [0.05, 0.1) is 19.4 Å². The van der Waals surface area contributed by atoms with Crippen LogP contribution < -0.4 is 19.9 Å². The minimum atomic E-state index is 0.429. The van der Waals surface area contributed by atoms with Crippen LogP contribution in [-0.2, 0) is 6.61 Å². The summed E-state index contributed by atoms with van der Waals surface area (Å²) in [4.78, 5) is 0. The molecule has 0 spiro atoms. The second kappa shape index (κ2) is 6.70. The smallest absolute Gasteiger partial charge is 0.161 e. The van der Waals surface area contributed by atoms with Crippen molar-refractivity contribution in [3.05, 3.63) is 48.0 Å². The monoisotopic (exact) mass is 273 g/mol. The molecule has 4 heteroatoms. The number of nitrogens with two attached hydrogens (primary N) is 1. The molecule has 0 fully saturated rings. The summed E-state index contributed by atoms with van der Waals surface area (Å²) in [5, 5.41) is 0. The number of para-hydroxylation sites is 2. The van der Waals surface area contributed by atoms with Crippen molar-refractivity contribution in [1.82, 2.24) is 0 Å². The molecule has 0 unspecified atom stereocenters. The summed E-state index contributed by atoms with van der Waals surface area (Å²) in [6, 6.07) is 13.2. The van der Waals surface area contributed by atoms with Crippen LogP contribution in [0.5, 0.6) is 17.2 Å². The van der Waals surface area contributed by atoms with Crippen LogP contribution in [0.25, 0.3) is 0 Å². The Labute approximate surface area is 119 Å². The van der Waals surface area contributed by atoms with Crippen molar-refractivity contribution in [2.45, 2.75) is 13.5 Å². The highest BCUT2D eigenvalue weighted by molar-refractivity contribution is 5.54. The van der Waals surface area contributed by atoms with Gasteiger partial charge in [-0.3, -0.25) is 0 Å². The zero-order chi connectivity index (χ0) is 14.4. The van der Waals surface area contributed by atoms with Crippen LogP contribution in [0.4, 0.5) is 5.69 Å². The summed E-state index contributed by atoms with van der Waals surface area (Å²) in [6.45, 7) is 2.98. The largest absolute Gasteiger partial charge is 0.495 e. The molecule has 0 amide bonds. The van der Waals surface area contributed by atoms with E-state index in [9.17, 15) is 0 Å². The number of anilines is 1. The van der Waals surface area contributed by atoms with Gasteiger partial charge in [0.15, 0.2) is 11.5 Å². The minimum Gasteiger partial charge on any atom is -0.495 e. The molecular weight excluding hydrogens is 254 g/mol. The van der Waals surface area contributed by atoms with Gasteiger partial charge in [0, 0.05) is 0 Å². The Morgan fingerprint density at radius 2 is 1.65 bits per heavy atom. The Balaban J connectivity index is 2.07. The van der Waals surface area contributed by atoms with E-state index < -0.39 is 0 Å². The number of hydrogen-bond donors (Lipinski definition) is 1. The topological polar surface area (TPSA) is 53.7 Å². The molecule has 0 radical (unpaired) electrons. The van der Waals surface area contributed by atoms with Gasteiger partial charge in [0.2, 0.25) is 0 Å². The molecule has 0 saturated carbocycles. The highest BCUT2D eigenvalue weighted by atomic mass is 16.5. The SMILES string of the molecule is CCOc1ccccc1OCc1ccc(OC)c(N)c1. The lowest BCUT2D eigenvalue weighted by Gasteiger charge is -2.12. The van der Waals surface area contributed by atoms with Gasteiger partial charge in [0.1, 0.15) is 12.4 Å². The maximum absolute atomic E-state index is 5.87. The third kappa shape index (κ3) is 3.35. The first-order valence-electron chi connectivity index (χ1n) is 6.51.